The van der Waals surface area contributed by atoms with Gasteiger partial charge in [0.25, 0.3) is 5.91 Å². The van der Waals surface area contributed by atoms with Crippen molar-refractivity contribution >= 4 is 17.4 Å². The van der Waals surface area contributed by atoms with Gasteiger partial charge in [-0.3, -0.25) is 4.79 Å². The fraction of sp³-hybridized carbons (Fsp3) is 0.217. The van der Waals surface area contributed by atoms with E-state index in [0.717, 1.165) is 11.6 Å². The fourth-order valence-corrected chi connectivity index (χ4v) is 2.62. The summed E-state index contributed by atoms with van der Waals surface area (Å²) < 4.78 is 5.60. The topological polar surface area (TPSA) is 63.2 Å². The summed E-state index contributed by atoms with van der Waals surface area (Å²) in [6.07, 6.45) is 1.69. The lowest BCUT2D eigenvalue weighted by molar-refractivity contribution is 0.102. The molecule has 1 amide bonds. The Bertz CT molecular complexity index is 902. The van der Waals surface area contributed by atoms with Gasteiger partial charge in [-0.2, -0.15) is 0 Å². The number of aromatic nitrogens is 1. The Labute approximate surface area is 165 Å². The number of aryl methyl sites for hydroxylation is 1. The van der Waals surface area contributed by atoms with Gasteiger partial charge in [0.1, 0.15) is 11.6 Å². The molecule has 0 aliphatic heterocycles. The van der Waals surface area contributed by atoms with E-state index >= 15 is 0 Å². The summed E-state index contributed by atoms with van der Waals surface area (Å²) in [5.74, 6) is 1.31. The highest BCUT2D eigenvalue weighted by molar-refractivity contribution is 6.04. The Morgan fingerprint density at radius 3 is 2.32 bits per heavy atom. The Morgan fingerprint density at radius 1 is 1.00 bits per heavy atom. The Kier molecular flexibility index (Phi) is 6.27. The van der Waals surface area contributed by atoms with E-state index in [0.29, 0.717) is 17.8 Å². The Morgan fingerprint density at radius 2 is 1.71 bits per heavy atom. The van der Waals surface area contributed by atoms with Gasteiger partial charge in [0.15, 0.2) is 0 Å². The molecule has 3 aromatic rings. The number of hydrogen-bond donors (Lipinski definition) is 2. The number of amides is 1. The average Bonchev–Trinajstić information content (AvgIpc) is 2.69. The van der Waals surface area contributed by atoms with Crippen LogP contribution in [0, 0.1) is 6.92 Å². The van der Waals surface area contributed by atoms with Crippen LogP contribution < -0.4 is 15.4 Å². The van der Waals surface area contributed by atoms with Gasteiger partial charge in [-0.1, -0.05) is 29.8 Å². The van der Waals surface area contributed by atoms with Crippen molar-refractivity contribution in [2.24, 2.45) is 0 Å². The number of ether oxygens (including phenoxy) is 1. The summed E-state index contributed by atoms with van der Waals surface area (Å²) in [6.45, 7) is 6.70. The molecule has 3 rings (SSSR count). The number of carbonyl (C=O) groups is 1. The predicted molar refractivity (Wildman–Crippen MR) is 113 cm³/mol. The van der Waals surface area contributed by atoms with Gasteiger partial charge >= 0.3 is 0 Å². The lowest BCUT2D eigenvalue weighted by atomic mass is 10.1. The van der Waals surface area contributed by atoms with Crippen molar-refractivity contribution in [3.05, 3.63) is 83.6 Å². The number of hydrogen-bond acceptors (Lipinski definition) is 4. The molecule has 0 fully saturated rings. The zero-order valence-electron chi connectivity index (χ0n) is 16.4. The van der Waals surface area contributed by atoms with Crippen LogP contribution in [-0.2, 0) is 6.54 Å². The third kappa shape index (κ3) is 5.58. The van der Waals surface area contributed by atoms with Gasteiger partial charge in [-0.05, 0) is 62.7 Å². The van der Waals surface area contributed by atoms with E-state index in [1.165, 1.54) is 11.1 Å². The number of carbonyl (C=O) groups excluding carboxylic acids is 1. The number of nitrogens with one attached hydrogen (secondary N) is 2. The molecule has 28 heavy (non-hydrogen) atoms. The van der Waals surface area contributed by atoms with Crippen molar-refractivity contribution in [3.8, 4) is 5.75 Å². The summed E-state index contributed by atoms with van der Waals surface area (Å²) in [5.41, 5.74) is 3.63. The lowest BCUT2D eigenvalue weighted by Crippen LogP contribution is -2.12. The van der Waals surface area contributed by atoms with Crippen LogP contribution in [0.2, 0.25) is 0 Å². The quantitative estimate of drug-likeness (QED) is 0.607. The lowest BCUT2D eigenvalue weighted by Gasteiger charge is -2.11. The van der Waals surface area contributed by atoms with Gasteiger partial charge in [0.05, 0.1) is 11.7 Å². The molecule has 0 spiro atoms. The first-order valence-corrected chi connectivity index (χ1v) is 9.33. The maximum absolute atomic E-state index is 12.4. The smallest absolute Gasteiger partial charge is 0.257 e. The standard InChI is InChI=1S/C23H25N3O2/c1-16(2)28-21-11-9-20(10-12-21)26-23(27)19-8-13-22(25-15-19)24-14-18-6-4-17(3)5-7-18/h4-13,15-16H,14H2,1-3H3,(H,24,25)(H,26,27). The van der Waals surface area contributed by atoms with Crippen molar-refractivity contribution in [2.45, 2.75) is 33.4 Å². The maximum atomic E-state index is 12.4. The first-order valence-electron chi connectivity index (χ1n) is 9.33. The second kappa shape index (κ2) is 9.04. The minimum Gasteiger partial charge on any atom is -0.491 e. The summed E-state index contributed by atoms with van der Waals surface area (Å²) >= 11 is 0. The van der Waals surface area contributed by atoms with Crippen LogP contribution in [0.5, 0.6) is 5.75 Å². The largest absolute Gasteiger partial charge is 0.491 e. The molecular weight excluding hydrogens is 350 g/mol. The molecule has 0 unspecified atom stereocenters. The zero-order chi connectivity index (χ0) is 19.9. The second-order valence-corrected chi connectivity index (χ2v) is 6.92. The predicted octanol–water partition coefficient (Wildman–Crippen LogP) is 5.04. The Hall–Kier alpha value is -3.34. The van der Waals surface area contributed by atoms with Crippen LogP contribution in [0.25, 0.3) is 0 Å². The number of nitrogens with zero attached hydrogens (tertiary/aromatic N) is 1. The molecule has 0 aliphatic rings. The second-order valence-electron chi connectivity index (χ2n) is 6.92. The molecule has 5 heteroatoms. The summed E-state index contributed by atoms with van der Waals surface area (Å²) in [4.78, 5) is 16.7. The SMILES string of the molecule is Cc1ccc(CNc2ccc(C(=O)Nc3ccc(OC(C)C)cc3)cn2)cc1. The molecule has 1 aromatic heterocycles. The number of benzene rings is 2. The molecule has 144 valence electrons. The fourth-order valence-electron chi connectivity index (χ4n) is 2.62. The molecule has 5 nitrogen and oxygen atoms in total. The van der Waals surface area contributed by atoms with E-state index in [4.69, 9.17) is 4.74 Å². The van der Waals surface area contributed by atoms with Crippen molar-refractivity contribution in [1.29, 1.82) is 0 Å². The summed E-state index contributed by atoms with van der Waals surface area (Å²) in [7, 11) is 0. The number of rotatable bonds is 7. The van der Waals surface area contributed by atoms with Crippen LogP contribution in [0.4, 0.5) is 11.5 Å². The van der Waals surface area contributed by atoms with E-state index in [1.807, 2.05) is 44.2 Å². The highest BCUT2D eigenvalue weighted by atomic mass is 16.5. The molecule has 0 atom stereocenters. The average molecular weight is 375 g/mol. The van der Waals surface area contributed by atoms with Crippen LogP contribution in [0.1, 0.15) is 35.3 Å². The molecular formula is C23H25N3O2. The van der Waals surface area contributed by atoms with E-state index < -0.39 is 0 Å². The first kappa shape index (κ1) is 19.4. The molecule has 0 bridgehead atoms. The van der Waals surface area contributed by atoms with Crippen molar-refractivity contribution in [1.82, 2.24) is 4.98 Å². The minimum absolute atomic E-state index is 0.115. The summed E-state index contributed by atoms with van der Waals surface area (Å²) in [5, 5.41) is 6.13. The van der Waals surface area contributed by atoms with Crippen molar-refractivity contribution < 1.29 is 9.53 Å². The van der Waals surface area contributed by atoms with Gasteiger partial charge < -0.3 is 15.4 Å². The first-order chi connectivity index (χ1) is 13.5. The molecule has 0 aliphatic carbocycles. The van der Waals surface area contributed by atoms with E-state index in [2.05, 4.69) is 46.8 Å². The molecule has 0 saturated carbocycles. The molecule has 1 heterocycles. The summed E-state index contributed by atoms with van der Waals surface area (Å²) in [6, 6.07) is 19.2. The Balaban J connectivity index is 1.55. The van der Waals surface area contributed by atoms with Crippen LogP contribution in [0.3, 0.4) is 0 Å². The van der Waals surface area contributed by atoms with Gasteiger partial charge in [-0.25, -0.2) is 4.98 Å². The van der Waals surface area contributed by atoms with Crippen LogP contribution in [-0.4, -0.2) is 17.0 Å². The number of pyridine rings is 1. The molecule has 2 aromatic carbocycles. The third-order valence-corrected chi connectivity index (χ3v) is 4.10. The van der Waals surface area contributed by atoms with Crippen LogP contribution >= 0.6 is 0 Å². The molecule has 0 saturated heterocycles. The van der Waals surface area contributed by atoms with Crippen LogP contribution in [0.15, 0.2) is 66.9 Å². The normalized spacial score (nSPS) is 10.6. The van der Waals surface area contributed by atoms with Gasteiger partial charge in [-0.15, -0.1) is 0 Å². The van der Waals surface area contributed by atoms with E-state index in [1.54, 1.807) is 12.3 Å². The van der Waals surface area contributed by atoms with Gasteiger partial charge in [0, 0.05) is 18.4 Å². The highest BCUT2D eigenvalue weighted by Crippen LogP contribution is 2.18. The maximum Gasteiger partial charge on any atom is 0.257 e. The third-order valence-electron chi connectivity index (χ3n) is 4.10. The number of anilines is 2. The van der Waals surface area contributed by atoms with Crippen molar-refractivity contribution in [2.75, 3.05) is 10.6 Å². The zero-order valence-corrected chi connectivity index (χ0v) is 16.4. The highest BCUT2D eigenvalue weighted by Gasteiger charge is 2.07. The monoisotopic (exact) mass is 375 g/mol. The molecule has 0 radical (unpaired) electrons. The van der Waals surface area contributed by atoms with Crippen molar-refractivity contribution in [3.63, 3.8) is 0 Å². The molecule has 2 N–H and O–H groups in total. The van der Waals surface area contributed by atoms with E-state index in [9.17, 15) is 4.79 Å². The minimum atomic E-state index is -0.199. The van der Waals surface area contributed by atoms with Gasteiger partial charge in [0.2, 0.25) is 0 Å². The van der Waals surface area contributed by atoms with E-state index in [-0.39, 0.29) is 12.0 Å².